The number of hydrogen-bond acceptors (Lipinski definition) is 6. The smallest absolute Gasteiger partial charge is 0.126 e. The third-order valence-corrected chi connectivity index (χ3v) is 7.47. The maximum Gasteiger partial charge on any atom is 0.126 e. The predicted molar refractivity (Wildman–Crippen MR) is 145 cm³/mol. The highest BCUT2D eigenvalue weighted by Gasteiger charge is 2.34. The van der Waals surface area contributed by atoms with E-state index in [4.69, 9.17) is 0 Å². The quantitative estimate of drug-likeness (QED) is 0.277. The van der Waals surface area contributed by atoms with Crippen molar-refractivity contribution in [3.8, 4) is 0 Å². The van der Waals surface area contributed by atoms with E-state index in [1.54, 1.807) is 11.8 Å². The molecule has 0 spiro atoms. The SMILES string of the molecule is CCCCN(c1cccc2c1N(N(CCCC)C(O)CCC)c1ccccc1S2)C(O)CCC. The summed E-state index contributed by atoms with van der Waals surface area (Å²) in [5, 5.41) is 26.9. The van der Waals surface area contributed by atoms with Crippen molar-refractivity contribution in [3.05, 3.63) is 42.5 Å². The van der Waals surface area contributed by atoms with Crippen molar-refractivity contribution in [2.75, 3.05) is 23.0 Å². The van der Waals surface area contributed by atoms with Gasteiger partial charge in [-0.15, -0.1) is 0 Å². The third-order valence-electron chi connectivity index (χ3n) is 6.36. The van der Waals surface area contributed by atoms with Crippen molar-refractivity contribution in [2.24, 2.45) is 0 Å². The number of aliphatic hydroxyl groups excluding tert-OH is 2. The topological polar surface area (TPSA) is 50.2 Å². The van der Waals surface area contributed by atoms with E-state index < -0.39 is 12.5 Å². The molecule has 6 heteroatoms. The maximum absolute atomic E-state index is 11.3. The van der Waals surface area contributed by atoms with Crippen molar-refractivity contribution in [1.29, 1.82) is 0 Å². The summed E-state index contributed by atoms with van der Waals surface area (Å²) < 4.78 is 0. The first kappa shape index (κ1) is 26.9. The van der Waals surface area contributed by atoms with Gasteiger partial charge in [-0.2, -0.15) is 5.01 Å². The summed E-state index contributed by atoms with van der Waals surface area (Å²) in [7, 11) is 0. The van der Waals surface area contributed by atoms with Crippen LogP contribution in [0.15, 0.2) is 52.3 Å². The van der Waals surface area contributed by atoms with Gasteiger partial charge in [0.05, 0.1) is 17.1 Å². The van der Waals surface area contributed by atoms with E-state index in [0.29, 0.717) is 6.42 Å². The zero-order valence-electron chi connectivity index (χ0n) is 21.4. The third kappa shape index (κ3) is 6.09. The summed E-state index contributed by atoms with van der Waals surface area (Å²) in [5.41, 5.74) is 3.21. The maximum atomic E-state index is 11.3. The summed E-state index contributed by atoms with van der Waals surface area (Å²) >= 11 is 1.77. The van der Waals surface area contributed by atoms with E-state index in [-0.39, 0.29) is 0 Å². The number of nitrogens with zero attached hydrogens (tertiary/aromatic N) is 3. The number of hydrogen-bond donors (Lipinski definition) is 2. The number of rotatable bonds is 14. The molecule has 34 heavy (non-hydrogen) atoms. The van der Waals surface area contributed by atoms with Crippen LogP contribution in [-0.2, 0) is 0 Å². The first-order valence-corrected chi connectivity index (χ1v) is 14.0. The molecule has 0 aliphatic carbocycles. The van der Waals surface area contributed by atoms with Crippen LogP contribution >= 0.6 is 11.8 Å². The molecule has 1 heterocycles. The van der Waals surface area contributed by atoms with Gasteiger partial charge in [-0.3, -0.25) is 5.01 Å². The first-order valence-electron chi connectivity index (χ1n) is 13.2. The van der Waals surface area contributed by atoms with Crippen molar-refractivity contribution in [3.63, 3.8) is 0 Å². The summed E-state index contributed by atoms with van der Waals surface area (Å²) in [6.45, 7) is 10.2. The Morgan fingerprint density at radius 1 is 0.765 bits per heavy atom. The van der Waals surface area contributed by atoms with E-state index in [1.165, 1.54) is 4.90 Å². The van der Waals surface area contributed by atoms with Crippen LogP contribution in [0.2, 0.25) is 0 Å². The molecule has 1 aliphatic rings. The van der Waals surface area contributed by atoms with Crippen molar-refractivity contribution in [2.45, 2.75) is 101 Å². The molecule has 0 fully saturated rings. The van der Waals surface area contributed by atoms with Crippen molar-refractivity contribution in [1.82, 2.24) is 5.01 Å². The number of aliphatic hydroxyl groups is 2. The fraction of sp³-hybridized carbons (Fsp3) is 0.571. The van der Waals surface area contributed by atoms with Gasteiger partial charge < -0.3 is 15.1 Å². The van der Waals surface area contributed by atoms with Gasteiger partial charge in [-0.05, 0) is 49.9 Å². The van der Waals surface area contributed by atoms with Crippen LogP contribution < -0.4 is 9.91 Å². The summed E-state index contributed by atoms with van der Waals surface area (Å²) in [6.07, 6.45) is 6.34. The van der Waals surface area contributed by atoms with Crippen LogP contribution in [0.1, 0.15) is 79.1 Å². The molecule has 5 nitrogen and oxygen atoms in total. The van der Waals surface area contributed by atoms with E-state index >= 15 is 0 Å². The van der Waals surface area contributed by atoms with Gasteiger partial charge in [0.2, 0.25) is 0 Å². The zero-order chi connectivity index (χ0) is 24.5. The van der Waals surface area contributed by atoms with E-state index in [2.05, 4.69) is 85.1 Å². The van der Waals surface area contributed by atoms with Gasteiger partial charge >= 0.3 is 0 Å². The van der Waals surface area contributed by atoms with Crippen LogP contribution in [0.4, 0.5) is 17.1 Å². The minimum atomic E-state index is -0.571. The molecule has 0 radical (unpaired) electrons. The second kappa shape index (κ2) is 13.4. The second-order valence-corrected chi connectivity index (χ2v) is 10.2. The highest BCUT2D eigenvalue weighted by molar-refractivity contribution is 7.99. The summed E-state index contributed by atoms with van der Waals surface area (Å²) in [4.78, 5) is 4.52. The summed E-state index contributed by atoms with van der Waals surface area (Å²) in [5.74, 6) is 0. The van der Waals surface area contributed by atoms with Crippen molar-refractivity contribution >= 4 is 28.8 Å². The predicted octanol–water partition coefficient (Wildman–Crippen LogP) is 7.15. The van der Waals surface area contributed by atoms with Crippen LogP contribution in [0.25, 0.3) is 0 Å². The molecule has 1 aliphatic heterocycles. The highest BCUT2D eigenvalue weighted by Crippen LogP contribution is 2.53. The molecule has 2 N–H and O–H groups in total. The molecule has 3 rings (SSSR count). The molecule has 0 aromatic heterocycles. The lowest BCUT2D eigenvalue weighted by atomic mass is 10.1. The average molecular weight is 486 g/mol. The molecule has 2 unspecified atom stereocenters. The number of unbranched alkanes of at least 4 members (excludes halogenated alkanes) is 2. The van der Waals surface area contributed by atoms with Crippen LogP contribution in [0, 0.1) is 0 Å². The average Bonchev–Trinajstić information content (AvgIpc) is 2.84. The molecule has 188 valence electrons. The second-order valence-electron chi connectivity index (χ2n) is 9.11. The molecular weight excluding hydrogens is 442 g/mol. The standard InChI is InChI=1S/C28H43N3O2S/c1-5-9-20-29(26(32)14-7-3)23-17-13-19-25-28(23)31(22-16-11-12-18-24(22)34-25)30(21-10-6-2)27(33)15-8-4/h11-13,16-19,26-27,32-33H,5-10,14-15,20-21H2,1-4H3. The van der Waals surface area contributed by atoms with Crippen LogP contribution in [0.5, 0.6) is 0 Å². The van der Waals surface area contributed by atoms with Crippen LogP contribution in [-0.4, -0.2) is 40.8 Å². The molecule has 2 aromatic rings. The Hall–Kier alpha value is -1.73. The Bertz CT molecular complexity index is 894. The zero-order valence-corrected chi connectivity index (χ0v) is 22.2. The van der Waals surface area contributed by atoms with E-state index in [0.717, 1.165) is 80.0 Å². The number of benzene rings is 2. The summed E-state index contributed by atoms with van der Waals surface area (Å²) in [6, 6.07) is 14.9. The fourth-order valence-corrected chi connectivity index (χ4v) is 5.62. The van der Waals surface area contributed by atoms with Gasteiger partial charge in [0.1, 0.15) is 12.5 Å². The minimum Gasteiger partial charge on any atom is -0.377 e. The largest absolute Gasteiger partial charge is 0.377 e. The van der Waals surface area contributed by atoms with E-state index in [9.17, 15) is 10.2 Å². The van der Waals surface area contributed by atoms with Crippen molar-refractivity contribution < 1.29 is 10.2 Å². The fourth-order valence-electron chi connectivity index (χ4n) is 4.54. The normalized spacial score (nSPS) is 14.6. The Labute approximate surface area is 210 Å². The van der Waals surface area contributed by atoms with Gasteiger partial charge in [0.15, 0.2) is 0 Å². The van der Waals surface area contributed by atoms with Gasteiger partial charge in [-0.25, -0.2) is 0 Å². The molecule has 0 saturated carbocycles. The monoisotopic (exact) mass is 485 g/mol. The Balaban J connectivity index is 2.19. The molecular formula is C28H43N3O2S. The number of fused-ring (bicyclic) bond motifs is 2. The number of para-hydroxylation sites is 2. The molecule has 2 aromatic carbocycles. The molecule has 0 bridgehead atoms. The van der Waals surface area contributed by atoms with E-state index in [1.807, 2.05) is 0 Å². The number of hydrazine groups is 1. The van der Waals surface area contributed by atoms with Gasteiger partial charge in [-0.1, -0.05) is 83.3 Å². The number of anilines is 3. The lowest BCUT2D eigenvalue weighted by Crippen LogP contribution is -2.49. The minimum absolute atomic E-state index is 0.531. The van der Waals surface area contributed by atoms with Gasteiger partial charge in [0.25, 0.3) is 0 Å². The van der Waals surface area contributed by atoms with Crippen LogP contribution in [0.3, 0.4) is 0 Å². The Morgan fingerprint density at radius 3 is 2.12 bits per heavy atom. The molecule has 0 amide bonds. The molecule has 0 saturated heterocycles. The Morgan fingerprint density at radius 2 is 1.41 bits per heavy atom. The lowest BCUT2D eigenvalue weighted by molar-refractivity contribution is -0.00464. The first-order chi connectivity index (χ1) is 16.6. The molecule has 2 atom stereocenters. The van der Waals surface area contributed by atoms with Gasteiger partial charge in [0, 0.05) is 22.9 Å². The Kier molecular flexibility index (Phi) is 10.6. The lowest BCUT2D eigenvalue weighted by Gasteiger charge is -2.45. The highest BCUT2D eigenvalue weighted by atomic mass is 32.2.